The van der Waals surface area contributed by atoms with Crippen molar-refractivity contribution >= 4 is 16.8 Å². The van der Waals surface area contributed by atoms with Gasteiger partial charge < -0.3 is 9.88 Å². The van der Waals surface area contributed by atoms with E-state index in [1.54, 1.807) is 0 Å². The normalized spacial score (nSPS) is 17.6. The second-order valence-electron chi connectivity index (χ2n) is 7.19. The number of hydrogen-bond acceptors (Lipinski definition) is 1. The maximum Gasteiger partial charge on any atom is 0.270 e. The van der Waals surface area contributed by atoms with Crippen LogP contribution in [-0.4, -0.2) is 28.9 Å². The standard InChI is InChI=1S/C22H23FN2O/c23-19-11-9-16(10-12-19)7-8-17-4-3-13-25(15-17)22(26)21-14-18-5-1-2-6-20(18)24-21/h1-2,5-6,9-12,14,17,24H,3-4,7-8,13,15H2. The molecule has 134 valence electrons. The minimum atomic E-state index is -0.193. The molecule has 0 saturated carbocycles. The Morgan fingerprint density at radius 2 is 1.96 bits per heavy atom. The van der Waals surface area contributed by atoms with Crippen LogP contribution >= 0.6 is 0 Å². The van der Waals surface area contributed by atoms with E-state index in [0.29, 0.717) is 11.6 Å². The molecule has 4 heteroatoms. The van der Waals surface area contributed by atoms with Crippen LogP contribution in [0.4, 0.5) is 4.39 Å². The lowest BCUT2D eigenvalue weighted by molar-refractivity contribution is 0.0663. The number of nitrogens with one attached hydrogen (secondary N) is 1. The Bertz CT molecular complexity index is 867. The quantitative estimate of drug-likeness (QED) is 0.721. The van der Waals surface area contributed by atoms with Crippen LogP contribution in [0.2, 0.25) is 0 Å². The molecule has 3 nitrogen and oxygen atoms in total. The average Bonchev–Trinajstić information content (AvgIpc) is 3.11. The van der Waals surface area contributed by atoms with Crippen LogP contribution in [0.1, 0.15) is 35.3 Å². The van der Waals surface area contributed by atoms with Gasteiger partial charge in [0.05, 0.1) is 0 Å². The third-order valence-corrected chi connectivity index (χ3v) is 5.32. The number of H-pyrrole nitrogens is 1. The second-order valence-corrected chi connectivity index (χ2v) is 7.19. The molecule has 1 atom stereocenters. The van der Waals surface area contributed by atoms with Crippen molar-refractivity contribution in [1.82, 2.24) is 9.88 Å². The lowest BCUT2D eigenvalue weighted by Gasteiger charge is -2.32. The van der Waals surface area contributed by atoms with Gasteiger partial charge in [0.1, 0.15) is 11.5 Å². The van der Waals surface area contributed by atoms with E-state index in [1.165, 1.54) is 12.1 Å². The predicted octanol–water partition coefficient (Wildman–Crippen LogP) is 4.79. The monoisotopic (exact) mass is 350 g/mol. The molecule has 3 aromatic rings. The second kappa shape index (κ2) is 7.32. The maximum atomic E-state index is 13.0. The molecular weight excluding hydrogens is 327 g/mol. The smallest absolute Gasteiger partial charge is 0.270 e. The molecule has 0 bridgehead atoms. The van der Waals surface area contributed by atoms with Gasteiger partial charge in [0.25, 0.3) is 5.91 Å². The van der Waals surface area contributed by atoms with Crippen LogP contribution in [-0.2, 0) is 6.42 Å². The summed E-state index contributed by atoms with van der Waals surface area (Å²) >= 11 is 0. The first-order valence-electron chi connectivity index (χ1n) is 9.30. The highest BCUT2D eigenvalue weighted by Gasteiger charge is 2.25. The van der Waals surface area contributed by atoms with Gasteiger partial charge in [0.2, 0.25) is 0 Å². The summed E-state index contributed by atoms with van der Waals surface area (Å²) in [6, 6.07) is 16.6. The number of aromatic amines is 1. The Labute approximate surface area is 152 Å². The number of carbonyl (C=O) groups excluding carboxylic acids is 1. The van der Waals surface area contributed by atoms with E-state index >= 15 is 0 Å². The van der Waals surface area contributed by atoms with Crippen LogP contribution in [0, 0.1) is 11.7 Å². The first-order valence-corrected chi connectivity index (χ1v) is 9.30. The molecule has 26 heavy (non-hydrogen) atoms. The Hall–Kier alpha value is -2.62. The molecule has 1 fully saturated rings. The number of halogens is 1. The van der Waals surface area contributed by atoms with Crippen LogP contribution in [0.15, 0.2) is 54.6 Å². The Kier molecular flexibility index (Phi) is 4.74. The van der Waals surface area contributed by atoms with Gasteiger partial charge in [-0.2, -0.15) is 0 Å². The van der Waals surface area contributed by atoms with Gasteiger partial charge in [-0.15, -0.1) is 0 Å². The summed E-state index contributed by atoms with van der Waals surface area (Å²) in [4.78, 5) is 18.1. The fraction of sp³-hybridized carbons (Fsp3) is 0.318. The highest BCUT2D eigenvalue weighted by molar-refractivity contribution is 5.98. The van der Waals surface area contributed by atoms with E-state index in [-0.39, 0.29) is 11.7 Å². The van der Waals surface area contributed by atoms with Crippen molar-refractivity contribution in [2.45, 2.75) is 25.7 Å². The number of para-hydroxylation sites is 1. The molecule has 0 aliphatic carbocycles. The molecule has 4 rings (SSSR count). The maximum absolute atomic E-state index is 13.0. The molecule has 0 radical (unpaired) electrons. The zero-order valence-corrected chi connectivity index (χ0v) is 14.7. The molecule has 2 aromatic carbocycles. The average molecular weight is 350 g/mol. The summed E-state index contributed by atoms with van der Waals surface area (Å²) in [6.45, 7) is 1.62. The molecular formula is C22H23FN2O. The minimum Gasteiger partial charge on any atom is -0.351 e. The van der Waals surface area contributed by atoms with Crippen LogP contribution in [0.3, 0.4) is 0 Å². The van der Waals surface area contributed by atoms with Crippen molar-refractivity contribution in [3.8, 4) is 0 Å². The van der Waals surface area contributed by atoms with Gasteiger partial charge in [-0.1, -0.05) is 30.3 Å². The van der Waals surface area contributed by atoms with Gasteiger partial charge in [-0.05, 0) is 61.4 Å². The zero-order chi connectivity index (χ0) is 17.9. The summed E-state index contributed by atoms with van der Waals surface area (Å²) < 4.78 is 13.0. The summed E-state index contributed by atoms with van der Waals surface area (Å²) in [7, 11) is 0. The van der Waals surface area contributed by atoms with Gasteiger partial charge in [-0.25, -0.2) is 4.39 Å². The third kappa shape index (κ3) is 3.64. The fourth-order valence-corrected chi connectivity index (χ4v) is 3.87. The first kappa shape index (κ1) is 16.8. The number of fused-ring (bicyclic) bond motifs is 1. The number of piperidine rings is 1. The number of nitrogens with zero attached hydrogens (tertiary/aromatic N) is 1. The van der Waals surface area contributed by atoms with Crippen LogP contribution < -0.4 is 0 Å². The number of hydrogen-bond donors (Lipinski definition) is 1. The molecule has 1 aliphatic rings. The largest absolute Gasteiger partial charge is 0.351 e. The zero-order valence-electron chi connectivity index (χ0n) is 14.7. The number of aryl methyl sites for hydroxylation is 1. The molecule has 1 unspecified atom stereocenters. The Morgan fingerprint density at radius 1 is 1.15 bits per heavy atom. The van der Waals surface area contributed by atoms with Crippen molar-refractivity contribution < 1.29 is 9.18 Å². The summed E-state index contributed by atoms with van der Waals surface area (Å²) in [5, 5.41) is 1.07. The van der Waals surface area contributed by atoms with Crippen LogP contribution in [0.5, 0.6) is 0 Å². The third-order valence-electron chi connectivity index (χ3n) is 5.32. The number of likely N-dealkylation sites (tertiary alicyclic amines) is 1. The van der Waals surface area contributed by atoms with Gasteiger partial charge in [-0.3, -0.25) is 4.79 Å². The number of amides is 1. The van der Waals surface area contributed by atoms with Gasteiger partial charge in [0.15, 0.2) is 0 Å². The fourth-order valence-electron chi connectivity index (χ4n) is 3.87. The molecule has 1 aliphatic heterocycles. The molecule has 2 heterocycles. The van der Waals surface area contributed by atoms with Crippen molar-refractivity contribution in [2.24, 2.45) is 5.92 Å². The summed E-state index contributed by atoms with van der Waals surface area (Å²) in [5.41, 5.74) is 2.83. The molecule has 0 spiro atoms. The van der Waals surface area contributed by atoms with E-state index in [2.05, 4.69) is 4.98 Å². The van der Waals surface area contributed by atoms with E-state index in [4.69, 9.17) is 0 Å². The molecule has 1 amide bonds. The Balaban J connectivity index is 1.39. The number of aromatic nitrogens is 1. The SMILES string of the molecule is O=C(c1cc2ccccc2[nH]1)N1CCCC(CCc2ccc(F)cc2)C1. The lowest BCUT2D eigenvalue weighted by atomic mass is 9.91. The number of benzene rings is 2. The van der Waals surface area contributed by atoms with Crippen molar-refractivity contribution in [3.05, 3.63) is 71.7 Å². The highest BCUT2D eigenvalue weighted by atomic mass is 19.1. The minimum absolute atomic E-state index is 0.0904. The summed E-state index contributed by atoms with van der Waals surface area (Å²) in [5.74, 6) is 0.399. The topological polar surface area (TPSA) is 36.1 Å². The Morgan fingerprint density at radius 3 is 2.77 bits per heavy atom. The lowest BCUT2D eigenvalue weighted by Crippen LogP contribution is -2.40. The predicted molar refractivity (Wildman–Crippen MR) is 102 cm³/mol. The number of rotatable bonds is 4. The van der Waals surface area contributed by atoms with Gasteiger partial charge in [0, 0.05) is 24.0 Å². The highest BCUT2D eigenvalue weighted by Crippen LogP contribution is 2.24. The van der Waals surface area contributed by atoms with Crippen molar-refractivity contribution in [2.75, 3.05) is 13.1 Å². The molecule has 1 aromatic heterocycles. The van der Waals surface area contributed by atoms with E-state index < -0.39 is 0 Å². The summed E-state index contributed by atoms with van der Waals surface area (Å²) in [6.07, 6.45) is 4.15. The van der Waals surface area contributed by atoms with Gasteiger partial charge >= 0.3 is 0 Å². The molecule has 1 N–H and O–H groups in total. The van der Waals surface area contributed by atoms with Crippen LogP contribution in [0.25, 0.3) is 10.9 Å². The van der Waals surface area contributed by atoms with E-state index in [9.17, 15) is 9.18 Å². The molecule has 1 saturated heterocycles. The first-order chi connectivity index (χ1) is 12.7. The van der Waals surface area contributed by atoms with Crippen molar-refractivity contribution in [3.63, 3.8) is 0 Å². The van der Waals surface area contributed by atoms with Crippen molar-refractivity contribution in [1.29, 1.82) is 0 Å². The number of carbonyl (C=O) groups is 1. The van der Waals surface area contributed by atoms with E-state index in [0.717, 1.165) is 55.2 Å². The van der Waals surface area contributed by atoms with E-state index in [1.807, 2.05) is 47.4 Å².